The second-order valence-electron chi connectivity index (χ2n) is 6.28. The zero-order valence-corrected chi connectivity index (χ0v) is 19.4. The molecule has 0 bridgehead atoms. The first-order chi connectivity index (χ1) is 15.0. The van der Waals surface area contributed by atoms with Crippen LogP contribution in [0.4, 0.5) is 0 Å². The van der Waals surface area contributed by atoms with Crippen LogP contribution in [0.25, 0.3) is 6.08 Å². The molecule has 1 aromatic carbocycles. The van der Waals surface area contributed by atoms with E-state index in [1.807, 2.05) is 0 Å². The van der Waals surface area contributed by atoms with E-state index in [9.17, 15) is 9.59 Å². The summed E-state index contributed by atoms with van der Waals surface area (Å²) in [5.74, 6) is 1.44. The van der Waals surface area contributed by atoms with Gasteiger partial charge in [0.05, 0.1) is 52.0 Å². The van der Waals surface area contributed by atoms with Crippen molar-refractivity contribution in [1.29, 1.82) is 0 Å². The van der Waals surface area contributed by atoms with Gasteiger partial charge in [-0.25, -0.2) is 0 Å². The minimum Gasteiger partial charge on any atom is -0.497 e. The van der Waals surface area contributed by atoms with E-state index in [-0.39, 0.29) is 30.6 Å². The molecular weight excluding hydrogens is 438 g/mol. The van der Waals surface area contributed by atoms with Crippen LogP contribution in [-0.4, -0.2) is 51.3 Å². The van der Waals surface area contributed by atoms with Gasteiger partial charge in [-0.3, -0.25) is 14.6 Å². The summed E-state index contributed by atoms with van der Waals surface area (Å²) in [6, 6.07) is 6.65. The number of ether oxygens (including phenoxy) is 5. The van der Waals surface area contributed by atoms with E-state index in [1.165, 1.54) is 26.5 Å². The van der Waals surface area contributed by atoms with Gasteiger partial charge in [0.1, 0.15) is 11.5 Å². The van der Waals surface area contributed by atoms with Crippen molar-refractivity contribution >= 4 is 30.2 Å². The predicted octanol–water partition coefficient (Wildman–Crippen LogP) is 4.15. The normalized spacial score (nSPS) is 10.2. The van der Waals surface area contributed by atoms with Crippen molar-refractivity contribution in [1.82, 2.24) is 4.98 Å². The monoisotopic (exact) mass is 465 g/mol. The number of nitrogens with zero attached hydrogens (tertiary/aromatic N) is 1. The lowest BCUT2D eigenvalue weighted by Crippen LogP contribution is -2.07. The minimum atomic E-state index is -0.260. The van der Waals surface area contributed by atoms with Gasteiger partial charge in [-0.15, -0.1) is 12.4 Å². The Morgan fingerprint density at radius 1 is 1.00 bits per heavy atom. The molecule has 0 saturated carbocycles. The molecule has 9 heteroatoms. The first-order valence-electron chi connectivity index (χ1n) is 9.79. The van der Waals surface area contributed by atoms with Gasteiger partial charge in [-0.05, 0) is 37.6 Å². The summed E-state index contributed by atoms with van der Waals surface area (Å²) in [7, 11) is 4.55. The molecule has 0 aliphatic carbocycles. The molecule has 0 radical (unpaired) electrons. The number of pyridine rings is 1. The average Bonchev–Trinajstić information content (AvgIpc) is 2.80. The maximum atomic E-state index is 12.6. The number of methoxy groups -OCH3 is 3. The predicted molar refractivity (Wildman–Crippen MR) is 122 cm³/mol. The van der Waals surface area contributed by atoms with E-state index < -0.39 is 0 Å². The highest BCUT2D eigenvalue weighted by Crippen LogP contribution is 2.28. The Morgan fingerprint density at radius 3 is 2.41 bits per heavy atom. The number of carbonyl (C=O) groups is 2. The van der Waals surface area contributed by atoms with E-state index in [2.05, 4.69) is 4.98 Å². The molecule has 0 unspecified atom stereocenters. The van der Waals surface area contributed by atoms with Gasteiger partial charge in [0.15, 0.2) is 17.3 Å². The number of carbonyl (C=O) groups excluding carboxylic acids is 2. The van der Waals surface area contributed by atoms with Gasteiger partial charge in [-0.1, -0.05) is 0 Å². The third kappa shape index (κ3) is 7.77. The fourth-order valence-electron chi connectivity index (χ4n) is 2.68. The molecule has 32 heavy (non-hydrogen) atoms. The first kappa shape index (κ1) is 26.8. The maximum Gasteiger partial charge on any atom is 0.305 e. The van der Waals surface area contributed by atoms with Crippen LogP contribution < -0.4 is 18.9 Å². The van der Waals surface area contributed by atoms with Crippen molar-refractivity contribution in [3.05, 3.63) is 47.8 Å². The van der Waals surface area contributed by atoms with Crippen LogP contribution in [0, 0.1) is 0 Å². The molecule has 2 rings (SSSR count). The zero-order valence-electron chi connectivity index (χ0n) is 18.6. The largest absolute Gasteiger partial charge is 0.497 e. The van der Waals surface area contributed by atoms with Crippen molar-refractivity contribution in [2.24, 2.45) is 0 Å². The number of hydrogen-bond donors (Lipinski definition) is 0. The highest BCUT2D eigenvalue weighted by Gasteiger charge is 2.12. The molecule has 8 nitrogen and oxygen atoms in total. The summed E-state index contributed by atoms with van der Waals surface area (Å²) in [5.41, 5.74) is 0.922. The SMILES string of the molecule is CCOC(=O)CCCOc1cc(/C=C/C(=O)c2ccc(OC)cc2OC)ncc1OC.Cl. The lowest BCUT2D eigenvalue weighted by molar-refractivity contribution is -0.143. The number of hydrogen-bond acceptors (Lipinski definition) is 8. The fraction of sp³-hybridized carbons (Fsp3) is 0.348. The molecule has 1 heterocycles. The number of halogens is 1. The summed E-state index contributed by atoms with van der Waals surface area (Å²) in [4.78, 5) is 28.3. The van der Waals surface area contributed by atoms with Gasteiger partial charge < -0.3 is 23.7 Å². The van der Waals surface area contributed by atoms with Gasteiger partial charge in [0.25, 0.3) is 0 Å². The van der Waals surface area contributed by atoms with Crippen LogP contribution in [0.5, 0.6) is 23.0 Å². The number of rotatable bonds is 12. The first-order valence-corrected chi connectivity index (χ1v) is 9.79. The lowest BCUT2D eigenvalue weighted by atomic mass is 10.1. The Labute approximate surface area is 193 Å². The summed E-state index contributed by atoms with van der Waals surface area (Å²) >= 11 is 0. The van der Waals surface area contributed by atoms with E-state index in [0.29, 0.717) is 53.9 Å². The molecule has 0 amide bonds. The van der Waals surface area contributed by atoms with Crippen LogP contribution in [0.2, 0.25) is 0 Å². The van der Waals surface area contributed by atoms with Crippen LogP contribution in [0.1, 0.15) is 35.8 Å². The van der Waals surface area contributed by atoms with Gasteiger partial charge in [0, 0.05) is 18.6 Å². The van der Waals surface area contributed by atoms with Crippen molar-refractivity contribution in [3.8, 4) is 23.0 Å². The molecule has 0 aliphatic heterocycles. The van der Waals surface area contributed by atoms with E-state index in [4.69, 9.17) is 23.7 Å². The Kier molecular flexibility index (Phi) is 11.7. The maximum absolute atomic E-state index is 12.6. The van der Waals surface area contributed by atoms with Gasteiger partial charge >= 0.3 is 5.97 Å². The molecule has 0 N–H and O–H groups in total. The average molecular weight is 466 g/mol. The fourth-order valence-corrected chi connectivity index (χ4v) is 2.68. The van der Waals surface area contributed by atoms with E-state index in [1.54, 1.807) is 44.4 Å². The number of benzene rings is 1. The summed E-state index contributed by atoms with van der Waals surface area (Å²) in [6.45, 7) is 2.43. The molecule has 2 aromatic rings. The van der Waals surface area contributed by atoms with Crippen molar-refractivity contribution < 1.29 is 33.3 Å². The number of aromatic nitrogens is 1. The second kappa shape index (κ2) is 13.9. The van der Waals surface area contributed by atoms with Crippen LogP contribution in [0.3, 0.4) is 0 Å². The Morgan fingerprint density at radius 2 is 1.75 bits per heavy atom. The quantitative estimate of drug-likeness (QED) is 0.200. The number of esters is 1. The van der Waals surface area contributed by atoms with E-state index in [0.717, 1.165) is 0 Å². The second-order valence-corrected chi connectivity index (χ2v) is 6.28. The topological polar surface area (TPSA) is 93.2 Å². The molecule has 0 atom stereocenters. The van der Waals surface area contributed by atoms with Crippen LogP contribution in [-0.2, 0) is 9.53 Å². The van der Waals surface area contributed by atoms with Crippen molar-refractivity contribution in [3.63, 3.8) is 0 Å². The number of allylic oxidation sites excluding steroid dienone is 1. The highest BCUT2D eigenvalue weighted by atomic mass is 35.5. The summed E-state index contributed by atoms with van der Waals surface area (Å²) in [6.07, 6.45) is 5.27. The Balaban J connectivity index is 0.00000512. The lowest BCUT2D eigenvalue weighted by Gasteiger charge is -2.11. The number of ketones is 1. The molecular formula is C23H28ClNO7. The Hall–Kier alpha value is -3.26. The molecule has 1 aromatic heterocycles. The molecule has 0 spiro atoms. The van der Waals surface area contributed by atoms with Gasteiger partial charge in [0.2, 0.25) is 0 Å². The third-order valence-corrected chi connectivity index (χ3v) is 4.24. The molecule has 0 fully saturated rings. The standard InChI is InChI=1S/C23H27NO7.ClH/c1-5-30-23(26)7-6-12-31-21-13-16(24-15-22(21)29-4)8-11-19(25)18-10-9-17(27-2)14-20(18)28-3;/h8-11,13-15H,5-7,12H2,1-4H3;1H/b11-8+;. The Bertz CT molecular complexity index is 931. The van der Waals surface area contributed by atoms with Crippen molar-refractivity contribution in [2.75, 3.05) is 34.5 Å². The summed E-state index contributed by atoms with van der Waals surface area (Å²) in [5, 5.41) is 0. The third-order valence-electron chi connectivity index (χ3n) is 4.24. The summed E-state index contributed by atoms with van der Waals surface area (Å²) < 4.78 is 26.3. The van der Waals surface area contributed by atoms with E-state index >= 15 is 0 Å². The molecule has 174 valence electrons. The van der Waals surface area contributed by atoms with Gasteiger partial charge in [-0.2, -0.15) is 0 Å². The zero-order chi connectivity index (χ0) is 22.6. The molecule has 0 saturated heterocycles. The highest BCUT2D eigenvalue weighted by molar-refractivity contribution is 6.08. The smallest absolute Gasteiger partial charge is 0.305 e. The minimum absolute atomic E-state index is 0. The molecule has 0 aliphatic rings. The van der Waals surface area contributed by atoms with Crippen LogP contribution in [0.15, 0.2) is 36.5 Å². The van der Waals surface area contributed by atoms with Crippen molar-refractivity contribution in [2.45, 2.75) is 19.8 Å². The van der Waals surface area contributed by atoms with Crippen LogP contribution >= 0.6 is 12.4 Å².